The zero-order chi connectivity index (χ0) is 14.9. The van der Waals surface area contributed by atoms with Crippen molar-refractivity contribution in [3.05, 3.63) is 39.0 Å². The van der Waals surface area contributed by atoms with Crippen LogP contribution in [0.3, 0.4) is 0 Å². The van der Waals surface area contributed by atoms with Crippen molar-refractivity contribution in [2.45, 2.75) is 27.2 Å². The van der Waals surface area contributed by atoms with Gasteiger partial charge in [0.1, 0.15) is 5.69 Å². The van der Waals surface area contributed by atoms with Crippen LogP contribution in [0.4, 0.5) is 0 Å². The maximum absolute atomic E-state index is 4.71. The van der Waals surface area contributed by atoms with E-state index in [1.165, 1.54) is 27.9 Å². The highest BCUT2D eigenvalue weighted by molar-refractivity contribution is 9.10. The minimum atomic E-state index is 0.948. The fraction of sp³-hybridized carbons (Fsp3) is 0.438. The van der Waals surface area contributed by atoms with Crippen molar-refractivity contribution in [1.29, 1.82) is 0 Å². The first-order valence-corrected chi connectivity index (χ1v) is 7.69. The van der Waals surface area contributed by atoms with Gasteiger partial charge in [0.05, 0.1) is 10.2 Å². The van der Waals surface area contributed by atoms with Crippen molar-refractivity contribution in [2.24, 2.45) is 7.05 Å². The average Bonchev–Trinajstić information content (AvgIpc) is 2.69. The monoisotopic (exact) mass is 335 g/mol. The van der Waals surface area contributed by atoms with Gasteiger partial charge in [0.2, 0.25) is 0 Å². The first-order chi connectivity index (χ1) is 9.47. The van der Waals surface area contributed by atoms with Gasteiger partial charge in [0.25, 0.3) is 0 Å². The minimum Gasteiger partial charge on any atom is -0.319 e. The Balaban J connectivity index is 2.51. The normalized spacial score (nSPS) is 11.1. The van der Waals surface area contributed by atoms with E-state index in [-0.39, 0.29) is 0 Å². The van der Waals surface area contributed by atoms with Gasteiger partial charge in [0, 0.05) is 25.6 Å². The number of likely N-dealkylation sites (N-methyl/N-ethyl adjacent to an activating group) is 1. The maximum Gasteiger partial charge on any atom is 0.107 e. The van der Waals surface area contributed by atoms with E-state index in [1.807, 2.05) is 18.8 Å². The van der Waals surface area contributed by atoms with Crippen molar-refractivity contribution < 1.29 is 0 Å². The Hall–Kier alpha value is -1.13. The predicted molar refractivity (Wildman–Crippen MR) is 88.2 cm³/mol. The molecule has 108 valence electrons. The molecule has 0 saturated heterocycles. The predicted octanol–water partition coefficient (Wildman–Crippen LogP) is 3.54. The molecule has 0 aliphatic rings. The number of nitrogens with one attached hydrogen (secondary N) is 1. The summed E-state index contributed by atoms with van der Waals surface area (Å²) in [5.41, 5.74) is 7.46. The molecule has 0 fully saturated rings. The molecular formula is C16H22BrN3. The maximum atomic E-state index is 4.71. The van der Waals surface area contributed by atoms with E-state index in [0.29, 0.717) is 0 Å². The fourth-order valence-electron chi connectivity index (χ4n) is 2.43. The Labute approximate surface area is 129 Å². The lowest BCUT2D eigenvalue weighted by molar-refractivity contribution is 0.681. The molecule has 2 rings (SSSR count). The first kappa shape index (κ1) is 15.3. The van der Waals surface area contributed by atoms with Gasteiger partial charge in [-0.05, 0) is 60.4 Å². The van der Waals surface area contributed by atoms with Gasteiger partial charge < -0.3 is 5.32 Å². The molecule has 0 unspecified atom stereocenters. The number of benzene rings is 1. The summed E-state index contributed by atoms with van der Waals surface area (Å²) in [5, 5.41) is 7.89. The van der Waals surface area contributed by atoms with Crippen LogP contribution < -0.4 is 5.32 Å². The third kappa shape index (κ3) is 2.67. The second-order valence-corrected chi connectivity index (χ2v) is 6.06. The standard InChI is InChI=1S/C16H22BrN3/c1-10-6-7-13(12(3)11(10)2)16-15(17)14(8-9-18-4)20(5)19-16/h6-7,18H,8-9H2,1-5H3. The van der Waals surface area contributed by atoms with Crippen LogP contribution >= 0.6 is 15.9 Å². The highest BCUT2D eigenvalue weighted by Gasteiger charge is 2.17. The average molecular weight is 336 g/mol. The smallest absolute Gasteiger partial charge is 0.107 e. The van der Waals surface area contributed by atoms with Crippen LogP contribution in [0.15, 0.2) is 16.6 Å². The van der Waals surface area contributed by atoms with E-state index in [0.717, 1.165) is 23.1 Å². The Kier molecular flexibility index (Phi) is 4.66. The van der Waals surface area contributed by atoms with Crippen molar-refractivity contribution in [3.8, 4) is 11.3 Å². The van der Waals surface area contributed by atoms with Crippen LogP contribution in [0.2, 0.25) is 0 Å². The third-order valence-electron chi connectivity index (χ3n) is 4.03. The van der Waals surface area contributed by atoms with Crippen molar-refractivity contribution in [1.82, 2.24) is 15.1 Å². The molecule has 0 aliphatic carbocycles. The highest BCUT2D eigenvalue weighted by Crippen LogP contribution is 2.34. The minimum absolute atomic E-state index is 0.948. The molecule has 1 heterocycles. The fourth-order valence-corrected chi connectivity index (χ4v) is 3.18. The van der Waals surface area contributed by atoms with Crippen molar-refractivity contribution in [2.75, 3.05) is 13.6 Å². The third-order valence-corrected chi connectivity index (χ3v) is 4.86. The second-order valence-electron chi connectivity index (χ2n) is 5.27. The first-order valence-electron chi connectivity index (χ1n) is 6.90. The summed E-state index contributed by atoms with van der Waals surface area (Å²) in [5.74, 6) is 0. The molecule has 2 aromatic rings. The lowest BCUT2D eigenvalue weighted by Gasteiger charge is -2.09. The molecule has 1 aromatic carbocycles. The summed E-state index contributed by atoms with van der Waals surface area (Å²) in [7, 11) is 3.98. The molecule has 0 radical (unpaired) electrons. The summed E-state index contributed by atoms with van der Waals surface area (Å²) < 4.78 is 3.09. The summed E-state index contributed by atoms with van der Waals surface area (Å²) >= 11 is 3.74. The highest BCUT2D eigenvalue weighted by atomic mass is 79.9. The van der Waals surface area contributed by atoms with Gasteiger partial charge in [-0.3, -0.25) is 4.68 Å². The molecule has 0 atom stereocenters. The van der Waals surface area contributed by atoms with E-state index in [9.17, 15) is 0 Å². The van der Waals surface area contributed by atoms with E-state index < -0.39 is 0 Å². The number of halogens is 1. The summed E-state index contributed by atoms with van der Waals surface area (Å²) in [6.45, 7) is 7.44. The lowest BCUT2D eigenvalue weighted by Crippen LogP contribution is -2.12. The van der Waals surface area contributed by atoms with E-state index in [1.54, 1.807) is 0 Å². The van der Waals surface area contributed by atoms with Gasteiger partial charge >= 0.3 is 0 Å². The van der Waals surface area contributed by atoms with Crippen LogP contribution in [-0.4, -0.2) is 23.4 Å². The quantitative estimate of drug-likeness (QED) is 0.926. The van der Waals surface area contributed by atoms with Gasteiger partial charge in [-0.15, -0.1) is 0 Å². The largest absolute Gasteiger partial charge is 0.319 e. The molecule has 1 aromatic heterocycles. The van der Waals surface area contributed by atoms with Gasteiger partial charge in [-0.2, -0.15) is 5.10 Å². The number of hydrogen-bond acceptors (Lipinski definition) is 2. The van der Waals surface area contributed by atoms with Crippen LogP contribution in [0, 0.1) is 20.8 Å². The number of hydrogen-bond donors (Lipinski definition) is 1. The number of rotatable bonds is 4. The summed E-state index contributed by atoms with van der Waals surface area (Å²) in [4.78, 5) is 0. The Morgan fingerprint density at radius 3 is 2.55 bits per heavy atom. The van der Waals surface area contributed by atoms with E-state index >= 15 is 0 Å². The lowest BCUT2D eigenvalue weighted by atomic mass is 9.97. The van der Waals surface area contributed by atoms with Gasteiger partial charge in [-0.25, -0.2) is 0 Å². The molecule has 4 heteroatoms. The van der Waals surface area contributed by atoms with E-state index in [4.69, 9.17) is 5.10 Å². The van der Waals surface area contributed by atoms with Crippen LogP contribution in [0.5, 0.6) is 0 Å². The van der Waals surface area contributed by atoms with Crippen molar-refractivity contribution in [3.63, 3.8) is 0 Å². The zero-order valence-corrected chi connectivity index (χ0v) is 14.4. The summed E-state index contributed by atoms with van der Waals surface area (Å²) in [6, 6.07) is 4.35. The molecule has 0 aliphatic heterocycles. The van der Waals surface area contributed by atoms with Crippen molar-refractivity contribution >= 4 is 15.9 Å². The number of aryl methyl sites for hydroxylation is 2. The molecule has 1 N–H and O–H groups in total. The number of nitrogens with zero attached hydrogens (tertiary/aromatic N) is 2. The molecule has 3 nitrogen and oxygen atoms in total. The molecule has 0 saturated carbocycles. The topological polar surface area (TPSA) is 29.9 Å². The second kappa shape index (κ2) is 6.10. The van der Waals surface area contributed by atoms with Gasteiger partial charge in [-0.1, -0.05) is 12.1 Å². The molecular weight excluding hydrogens is 314 g/mol. The molecule has 0 amide bonds. The zero-order valence-electron chi connectivity index (χ0n) is 12.8. The van der Waals surface area contributed by atoms with Gasteiger partial charge in [0.15, 0.2) is 0 Å². The summed E-state index contributed by atoms with van der Waals surface area (Å²) in [6.07, 6.45) is 0.963. The molecule has 20 heavy (non-hydrogen) atoms. The number of aromatic nitrogens is 2. The molecule has 0 spiro atoms. The SMILES string of the molecule is CNCCc1c(Br)c(-c2ccc(C)c(C)c2C)nn1C. The molecule has 0 bridgehead atoms. The Morgan fingerprint density at radius 2 is 1.90 bits per heavy atom. The van der Waals surface area contributed by atoms with E-state index in [2.05, 4.69) is 54.2 Å². The van der Waals surface area contributed by atoms with Crippen LogP contribution in [-0.2, 0) is 13.5 Å². The van der Waals surface area contributed by atoms with Crippen LogP contribution in [0.1, 0.15) is 22.4 Å². The Morgan fingerprint density at radius 1 is 1.20 bits per heavy atom. The Bertz CT molecular complexity index is 629. The van der Waals surface area contributed by atoms with Crippen LogP contribution in [0.25, 0.3) is 11.3 Å².